The monoisotopic (exact) mass is 328 g/mol. The fraction of sp³-hybridized carbons (Fsp3) is 0.111. The second kappa shape index (κ2) is 5.89. The predicted molar refractivity (Wildman–Crippen MR) is 86.9 cm³/mol. The number of carbonyl (C=O) groups is 2. The van der Waals surface area contributed by atoms with E-state index in [9.17, 15) is 9.59 Å². The van der Waals surface area contributed by atoms with Crippen molar-refractivity contribution >= 4 is 29.4 Å². The Kier molecular flexibility index (Phi) is 3.92. The Morgan fingerprint density at radius 2 is 2.00 bits per heavy atom. The quantitative estimate of drug-likeness (QED) is 0.471. The maximum atomic E-state index is 12.5. The summed E-state index contributed by atoms with van der Waals surface area (Å²) in [6.07, 6.45) is 1.61. The van der Waals surface area contributed by atoms with E-state index in [1.807, 2.05) is 12.1 Å². The van der Waals surface area contributed by atoms with Crippen molar-refractivity contribution in [1.29, 1.82) is 0 Å². The topological polar surface area (TPSA) is 52.6 Å². The van der Waals surface area contributed by atoms with E-state index in [0.717, 1.165) is 0 Å². The van der Waals surface area contributed by atoms with Gasteiger partial charge in [-0.1, -0.05) is 29.8 Å². The number of benzene rings is 2. The van der Waals surface area contributed by atoms with Gasteiger partial charge in [-0.3, -0.25) is 9.59 Å². The molecule has 5 heteroatoms. The Labute approximate surface area is 138 Å². The Morgan fingerprint density at radius 3 is 2.70 bits per heavy atom. The van der Waals surface area contributed by atoms with Crippen LogP contribution in [0.4, 0.5) is 0 Å². The Hall–Kier alpha value is -2.59. The van der Waals surface area contributed by atoms with Crippen LogP contribution in [0.2, 0.25) is 5.02 Å². The van der Waals surface area contributed by atoms with Crippen LogP contribution in [0.1, 0.15) is 28.4 Å². The normalized spacial score (nSPS) is 14.6. The van der Waals surface area contributed by atoms with Gasteiger partial charge in [0, 0.05) is 18.0 Å². The van der Waals surface area contributed by atoms with E-state index in [-0.39, 0.29) is 11.5 Å². The Bertz CT molecular complexity index is 852. The number of aryl methyl sites for hydroxylation is 1. The van der Waals surface area contributed by atoms with E-state index < -0.39 is 5.97 Å². The number of ether oxygens (including phenoxy) is 2. The van der Waals surface area contributed by atoms with E-state index in [4.69, 9.17) is 21.1 Å². The van der Waals surface area contributed by atoms with Gasteiger partial charge in [-0.15, -0.1) is 0 Å². The van der Waals surface area contributed by atoms with Crippen LogP contribution in [-0.4, -0.2) is 11.8 Å². The van der Waals surface area contributed by atoms with Crippen molar-refractivity contribution in [2.75, 3.05) is 0 Å². The van der Waals surface area contributed by atoms with Gasteiger partial charge >= 0.3 is 5.97 Å². The zero-order chi connectivity index (χ0) is 16.6. The number of rotatable bonds is 2. The summed E-state index contributed by atoms with van der Waals surface area (Å²) in [7, 11) is 0. The highest BCUT2D eigenvalue weighted by Crippen LogP contribution is 2.37. The van der Waals surface area contributed by atoms with Gasteiger partial charge in [0.1, 0.15) is 11.5 Å². The molecule has 0 aromatic heterocycles. The minimum absolute atomic E-state index is 0.191. The van der Waals surface area contributed by atoms with Crippen molar-refractivity contribution in [2.24, 2.45) is 0 Å². The lowest BCUT2D eigenvalue weighted by Crippen LogP contribution is -2.02. The van der Waals surface area contributed by atoms with Crippen molar-refractivity contribution in [3.63, 3.8) is 0 Å². The van der Waals surface area contributed by atoms with Crippen molar-refractivity contribution in [3.05, 3.63) is 63.9 Å². The van der Waals surface area contributed by atoms with Gasteiger partial charge in [0.05, 0.1) is 5.56 Å². The maximum absolute atomic E-state index is 12.5. The molecular formula is C18H13ClO4. The van der Waals surface area contributed by atoms with E-state index >= 15 is 0 Å². The molecule has 2 aromatic rings. The molecule has 0 bridgehead atoms. The molecular weight excluding hydrogens is 316 g/mol. The molecule has 4 nitrogen and oxygen atoms in total. The van der Waals surface area contributed by atoms with Crippen molar-refractivity contribution in [3.8, 4) is 11.5 Å². The molecule has 1 aliphatic rings. The van der Waals surface area contributed by atoms with E-state index in [2.05, 4.69) is 0 Å². The summed E-state index contributed by atoms with van der Waals surface area (Å²) in [6, 6.07) is 10.4. The third-order valence-corrected chi connectivity index (χ3v) is 3.74. The lowest BCUT2D eigenvalue weighted by atomic mass is 10.0. The number of hydrogen-bond donors (Lipinski definition) is 0. The first-order chi connectivity index (χ1) is 11.0. The fourth-order valence-electron chi connectivity index (χ4n) is 2.44. The Morgan fingerprint density at radius 1 is 1.26 bits per heavy atom. The first-order valence-electron chi connectivity index (χ1n) is 6.97. The molecule has 3 rings (SSSR count). The summed E-state index contributed by atoms with van der Waals surface area (Å²) in [6.45, 7) is 3.09. The second-order valence-corrected chi connectivity index (χ2v) is 5.58. The highest BCUT2D eigenvalue weighted by atomic mass is 35.5. The van der Waals surface area contributed by atoms with Crippen LogP contribution < -0.4 is 9.47 Å². The molecule has 0 N–H and O–H groups in total. The van der Waals surface area contributed by atoms with E-state index in [0.29, 0.717) is 33.2 Å². The fourth-order valence-corrected chi connectivity index (χ4v) is 2.63. The zero-order valence-corrected chi connectivity index (χ0v) is 13.3. The summed E-state index contributed by atoms with van der Waals surface area (Å²) in [5, 5.41) is 0.532. The number of esters is 1. The molecule has 0 saturated carbocycles. The number of halogens is 1. The number of ketones is 1. The maximum Gasteiger partial charge on any atom is 0.308 e. The lowest BCUT2D eigenvalue weighted by molar-refractivity contribution is -0.131. The highest BCUT2D eigenvalue weighted by Gasteiger charge is 2.30. The van der Waals surface area contributed by atoms with Gasteiger partial charge in [-0.05, 0) is 36.3 Å². The third-order valence-electron chi connectivity index (χ3n) is 3.40. The number of fused-ring (bicyclic) bond motifs is 1. The first kappa shape index (κ1) is 15.3. The number of Topliss-reactive ketones (excluding diaryl/α,β-unsaturated/α-hetero) is 1. The largest absolute Gasteiger partial charge is 0.452 e. The summed E-state index contributed by atoms with van der Waals surface area (Å²) in [5.41, 5.74) is 1.86. The smallest absolute Gasteiger partial charge is 0.308 e. The highest BCUT2D eigenvalue weighted by molar-refractivity contribution is 6.32. The summed E-state index contributed by atoms with van der Waals surface area (Å²) in [4.78, 5) is 23.6. The standard InChI is InChI=1S/C18H13ClO4/c1-10-7-13(22-11(2)20)9-15-17(10)18(21)16(23-15)8-12-5-3-4-6-14(12)19/h3-9H,1-2H3/b16-8-. The van der Waals surface area contributed by atoms with Gasteiger partial charge in [0.25, 0.3) is 0 Å². The molecule has 116 valence electrons. The lowest BCUT2D eigenvalue weighted by Gasteiger charge is -2.05. The summed E-state index contributed by atoms with van der Waals surface area (Å²) in [5.74, 6) is 0.272. The van der Waals surface area contributed by atoms with Gasteiger partial charge in [-0.25, -0.2) is 0 Å². The molecule has 0 unspecified atom stereocenters. The van der Waals surface area contributed by atoms with Crippen LogP contribution in [0, 0.1) is 6.92 Å². The van der Waals surface area contributed by atoms with Crippen LogP contribution in [0.3, 0.4) is 0 Å². The summed E-state index contributed by atoms with van der Waals surface area (Å²) < 4.78 is 10.7. The zero-order valence-electron chi connectivity index (χ0n) is 12.6. The van der Waals surface area contributed by atoms with Gasteiger partial charge < -0.3 is 9.47 Å². The molecule has 0 fully saturated rings. The van der Waals surface area contributed by atoms with Crippen LogP contribution in [0.5, 0.6) is 11.5 Å². The number of allylic oxidation sites excluding steroid dienone is 1. The molecule has 0 atom stereocenters. The number of carbonyl (C=O) groups excluding carboxylic acids is 2. The molecule has 0 spiro atoms. The summed E-state index contributed by atoms with van der Waals surface area (Å²) >= 11 is 6.11. The van der Waals surface area contributed by atoms with Crippen LogP contribution >= 0.6 is 11.6 Å². The second-order valence-electron chi connectivity index (χ2n) is 5.17. The molecule has 0 amide bonds. The third kappa shape index (κ3) is 2.98. The minimum Gasteiger partial charge on any atom is -0.452 e. The molecule has 23 heavy (non-hydrogen) atoms. The van der Waals surface area contributed by atoms with Crippen molar-refractivity contribution in [2.45, 2.75) is 13.8 Å². The molecule has 0 saturated heterocycles. The first-order valence-corrected chi connectivity index (χ1v) is 7.35. The molecule has 1 heterocycles. The van der Waals surface area contributed by atoms with Gasteiger partial charge in [-0.2, -0.15) is 0 Å². The van der Waals surface area contributed by atoms with Crippen LogP contribution in [-0.2, 0) is 4.79 Å². The molecule has 2 aromatic carbocycles. The number of hydrogen-bond acceptors (Lipinski definition) is 4. The SMILES string of the molecule is CC(=O)Oc1cc(C)c2c(c1)O/C(=C\c1ccccc1Cl)C2=O. The van der Waals surface area contributed by atoms with Crippen LogP contribution in [0.25, 0.3) is 6.08 Å². The Balaban J connectivity index is 2.00. The average molecular weight is 329 g/mol. The van der Waals surface area contributed by atoms with E-state index in [1.165, 1.54) is 13.0 Å². The predicted octanol–water partition coefficient (Wildman–Crippen LogP) is 4.19. The van der Waals surface area contributed by atoms with Gasteiger partial charge in [0.2, 0.25) is 5.78 Å². The molecule has 1 aliphatic heterocycles. The van der Waals surface area contributed by atoms with Crippen molar-refractivity contribution in [1.82, 2.24) is 0 Å². The van der Waals surface area contributed by atoms with Gasteiger partial charge in [0.15, 0.2) is 5.76 Å². The van der Waals surface area contributed by atoms with Crippen LogP contribution in [0.15, 0.2) is 42.2 Å². The molecule has 0 radical (unpaired) electrons. The minimum atomic E-state index is -0.430. The van der Waals surface area contributed by atoms with Crippen molar-refractivity contribution < 1.29 is 19.1 Å². The molecule has 0 aliphatic carbocycles. The average Bonchev–Trinajstić information content (AvgIpc) is 2.77. The van der Waals surface area contributed by atoms with E-state index in [1.54, 1.807) is 31.2 Å².